The Morgan fingerprint density at radius 1 is 1.10 bits per heavy atom. The minimum atomic E-state index is -0.569. The molecule has 4 rings (SSSR count). The fourth-order valence-electron chi connectivity index (χ4n) is 2.98. The third-order valence-corrected chi connectivity index (χ3v) is 5.69. The van der Waals surface area contributed by atoms with Crippen molar-refractivity contribution in [1.29, 1.82) is 0 Å². The summed E-state index contributed by atoms with van der Waals surface area (Å²) in [6.07, 6.45) is 0. The SMILES string of the molecule is Cc1ccc(-[n+]2noc([O-])c2SC(C)C(=O)Nc2cccc3ccccc23)cc1. The van der Waals surface area contributed by atoms with Crippen molar-refractivity contribution in [2.24, 2.45) is 0 Å². The van der Waals surface area contributed by atoms with Gasteiger partial charge < -0.3 is 14.9 Å². The second kappa shape index (κ2) is 7.97. The van der Waals surface area contributed by atoms with E-state index in [2.05, 4.69) is 10.6 Å². The minimum Gasteiger partial charge on any atom is -0.538 e. The van der Waals surface area contributed by atoms with E-state index < -0.39 is 11.2 Å². The summed E-state index contributed by atoms with van der Waals surface area (Å²) in [5.41, 5.74) is 2.53. The van der Waals surface area contributed by atoms with Crippen LogP contribution in [0.3, 0.4) is 0 Å². The van der Waals surface area contributed by atoms with E-state index in [1.165, 1.54) is 4.68 Å². The molecule has 0 fully saturated rings. The van der Waals surface area contributed by atoms with Crippen molar-refractivity contribution >= 4 is 34.1 Å². The lowest BCUT2D eigenvalue weighted by Gasteiger charge is -2.12. The lowest BCUT2D eigenvalue weighted by atomic mass is 10.1. The van der Waals surface area contributed by atoms with Crippen LogP contribution >= 0.6 is 11.8 Å². The second-order valence-electron chi connectivity index (χ2n) is 6.69. The number of anilines is 1. The predicted octanol–water partition coefficient (Wildman–Crippen LogP) is 3.61. The molecule has 1 heterocycles. The first kappa shape index (κ1) is 19.0. The molecule has 1 N–H and O–H groups in total. The molecule has 7 heteroatoms. The summed E-state index contributed by atoms with van der Waals surface area (Å²) in [6.45, 7) is 3.72. The van der Waals surface area contributed by atoms with Crippen molar-refractivity contribution < 1.29 is 19.1 Å². The van der Waals surface area contributed by atoms with Crippen molar-refractivity contribution in [3.63, 3.8) is 0 Å². The Balaban J connectivity index is 1.55. The first-order chi connectivity index (χ1) is 14.0. The third kappa shape index (κ3) is 3.95. The van der Waals surface area contributed by atoms with E-state index in [1.54, 1.807) is 6.92 Å². The Labute approximate surface area is 172 Å². The predicted molar refractivity (Wildman–Crippen MR) is 110 cm³/mol. The zero-order chi connectivity index (χ0) is 20.4. The van der Waals surface area contributed by atoms with Crippen molar-refractivity contribution in [3.05, 3.63) is 72.3 Å². The summed E-state index contributed by atoms with van der Waals surface area (Å²) in [7, 11) is 0. The highest BCUT2D eigenvalue weighted by Gasteiger charge is 2.26. The Morgan fingerprint density at radius 3 is 2.62 bits per heavy atom. The second-order valence-corrected chi connectivity index (χ2v) is 8.02. The molecule has 146 valence electrons. The molecule has 4 aromatic rings. The van der Waals surface area contributed by atoms with Gasteiger partial charge in [0.25, 0.3) is 5.03 Å². The van der Waals surface area contributed by atoms with Crippen LogP contribution in [0, 0.1) is 6.92 Å². The standard InChI is InChI=1S/C22H19N3O3S/c1-14-10-12-17(13-11-14)25-21(22(27)28-24-25)29-15(2)20(26)23-19-9-5-7-16-6-3-4-8-18(16)19/h3-13,15H,1-2H3,(H-,23,24,26,27). The fraction of sp³-hybridized carbons (Fsp3) is 0.136. The summed E-state index contributed by atoms with van der Waals surface area (Å²) in [6, 6.07) is 21.1. The highest BCUT2D eigenvalue weighted by Crippen LogP contribution is 2.29. The Morgan fingerprint density at radius 2 is 1.83 bits per heavy atom. The lowest BCUT2D eigenvalue weighted by molar-refractivity contribution is -0.705. The molecular weight excluding hydrogens is 386 g/mol. The number of carbonyl (C=O) groups excluding carboxylic acids is 1. The highest BCUT2D eigenvalue weighted by atomic mass is 32.2. The molecule has 0 aliphatic heterocycles. The maximum absolute atomic E-state index is 12.8. The lowest BCUT2D eigenvalue weighted by Crippen LogP contribution is -2.36. The molecule has 6 nitrogen and oxygen atoms in total. The Kier molecular flexibility index (Phi) is 5.22. The van der Waals surface area contributed by atoms with Crippen LogP contribution in [0.2, 0.25) is 0 Å². The van der Waals surface area contributed by atoms with Gasteiger partial charge in [-0.1, -0.05) is 54.1 Å². The summed E-state index contributed by atoms with van der Waals surface area (Å²) in [5, 5.41) is 20.7. The number of nitrogens with zero attached hydrogens (tertiary/aromatic N) is 2. The van der Waals surface area contributed by atoms with Gasteiger partial charge in [-0.25, -0.2) is 0 Å². The van der Waals surface area contributed by atoms with Crippen LogP contribution in [-0.4, -0.2) is 16.4 Å². The van der Waals surface area contributed by atoms with E-state index in [-0.39, 0.29) is 10.9 Å². The number of hydrogen-bond acceptors (Lipinski definition) is 5. The molecule has 1 unspecified atom stereocenters. The largest absolute Gasteiger partial charge is 0.538 e. The van der Waals surface area contributed by atoms with Gasteiger partial charge in [0.05, 0.1) is 10.5 Å². The van der Waals surface area contributed by atoms with Gasteiger partial charge in [0.2, 0.25) is 11.6 Å². The number of nitrogens with one attached hydrogen (secondary N) is 1. The summed E-state index contributed by atoms with van der Waals surface area (Å²) in [4.78, 5) is 12.8. The molecule has 1 amide bonds. The fourth-order valence-corrected chi connectivity index (χ4v) is 3.85. The topological polar surface area (TPSA) is 82.1 Å². The van der Waals surface area contributed by atoms with Crippen molar-refractivity contribution in [2.45, 2.75) is 24.1 Å². The molecule has 29 heavy (non-hydrogen) atoms. The van der Waals surface area contributed by atoms with Gasteiger partial charge in [-0.15, -0.1) is 0 Å². The van der Waals surface area contributed by atoms with E-state index in [4.69, 9.17) is 4.52 Å². The molecule has 1 aromatic heterocycles. The van der Waals surface area contributed by atoms with Gasteiger partial charge in [0.1, 0.15) is 0 Å². The maximum atomic E-state index is 12.8. The molecule has 0 bridgehead atoms. The number of fused-ring (bicyclic) bond motifs is 1. The molecular formula is C22H19N3O3S. The van der Waals surface area contributed by atoms with Crippen LogP contribution in [0.1, 0.15) is 12.5 Å². The first-order valence-electron chi connectivity index (χ1n) is 9.14. The van der Waals surface area contributed by atoms with Gasteiger partial charge in [0.15, 0.2) is 5.95 Å². The number of amides is 1. The van der Waals surface area contributed by atoms with Gasteiger partial charge in [-0.05, 0) is 41.7 Å². The van der Waals surface area contributed by atoms with Gasteiger partial charge in [-0.2, -0.15) is 0 Å². The van der Waals surface area contributed by atoms with Gasteiger partial charge in [0, 0.05) is 23.2 Å². The van der Waals surface area contributed by atoms with Crippen LogP contribution in [0.25, 0.3) is 16.5 Å². The smallest absolute Gasteiger partial charge is 0.298 e. The van der Waals surface area contributed by atoms with Crippen LogP contribution in [0.4, 0.5) is 5.69 Å². The number of hydrogen-bond donors (Lipinski definition) is 1. The molecule has 0 spiro atoms. The molecule has 0 aliphatic carbocycles. The van der Waals surface area contributed by atoms with Crippen LogP contribution < -0.4 is 15.1 Å². The van der Waals surface area contributed by atoms with Crippen molar-refractivity contribution in [2.75, 3.05) is 5.32 Å². The summed E-state index contributed by atoms with van der Waals surface area (Å²) in [5.74, 6) is -0.775. The highest BCUT2D eigenvalue weighted by molar-refractivity contribution is 8.00. The van der Waals surface area contributed by atoms with E-state index in [0.29, 0.717) is 5.69 Å². The minimum absolute atomic E-state index is 0.206. The summed E-state index contributed by atoms with van der Waals surface area (Å²) >= 11 is 1.12. The number of thioether (sulfide) groups is 1. The summed E-state index contributed by atoms with van der Waals surface area (Å²) < 4.78 is 6.27. The number of rotatable bonds is 5. The van der Waals surface area contributed by atoms with E-state index in [0.717, 1.165) is 33.8 Å². The molecule has 0 saturated heterocycles. The Hall–Kier alpha value is -3.32. The van der Waals surface area contributed by atoms with Crippen LogP contribution in [-0.2, 0) is 4.79 Å². The normalized spacial score (nSPS) is 12.1. The molecule has 0 saturated carbocycles. The van der Waals surface area contributed by atoms with E-state index in [1.807, 2.05) is 73.7 Å². The zero-order valence-corrected chi connectivity index (χ0v) is 16.8. The average molecular weight is 405 g/mol. The van der Waals surface area contributed by atoms with Crippen LogP contribution in [0.5, 0.6) is 5.95 Å². The number of benzene rings is 3. The van der Waals surface area contributed by atoms with Crippen LogP contribution in [0.15, 0.2) is 76.3 Å². The van der Waals surface area contributed by atoms with E-state index in [9.17, 15) is 9.90 Å². The maximum Gasteiger partial charge on any atom is 0.298 e. The molecule has 1 atom stereocenters. The molecule has 0 radical (unpaired) electrons. The van der Waals surface area contributed by atoms with E-state index >= 15 is 0 Å². The average Bonchev–Trinajstić information content (AvgIpc) is 3.09. The number of aryl methyl sites for hydroxylation is 1. The van der Waals surface area contributed by atoms with Gasteiger partial charge in [-0.3, -0.25) is 4.79 Å². The van der Waals surface area contributed by atoms with Crippen molar-refractivity contribution in [1.82, 2.24) is 5.27 Å². The van der Waals surface area contributed by atoms with Crippen molar-refractivity contribution in [3.8, 4) is 11.6 Å². The van der Waals surface area contributed by atoms with Gasteiger partial charge >= 0.3 is 0 Å². The number of carbonyl (C=O) groups is 1. The third-order valence-electron chi connectivity index (χ3n) is 4.56. The molecule has 3 aromatic carbocycles. The number of aromatic nitrogens is 2. The quantitative estimate of drug-likeness (QED) is 0.405. The Bertz CT molecular complexity index is 1170. The monoisotopic (exact) mass is 405 g/mol. The first-order valence-corrected chi connectivity index (χ1v) is 10.0. The molecule has 0 aliphatic rings. The zero-order valence-electron chi connectivity index (χ0n) is 16.0.